The number of nitrogens with one attached hydrogen (secondary N) is 1. The summed E-state index contributed by atoms with van der Waals surface area (Å²) in [6.07, 6.45) is 0. The third-order valence-corrected chi connectivity index (χ3v) is 4.22. The number of hydrogen-bond acceptors (Lipinski definition) is 3. The molecule has 2 rings (SSSR count). The average molecular weight is 364 g/mol. The average Bonchev–Trinajstić information content (AvgIpc) is 2.55. The summed E-state index contributed by atoms with van der Waals surface area (Å²) in [6, 6.07) is 9.51. The van der Waals surface area contributed by atoms with Gasteiger partial charge in [0, 0.05) is 0 Å². The molecule has 1 N–H and O–H groups in total. The fourth-order valence-electron chi connectivity index (χ4n) is 2.30. The molecule has 0 bridgehead atoms. The number of carbonyl (C=O) groups excluding carboxylic acids is 2. The van der Waals surface area contributed by atoms with E-state index in [1.165, 1.54) is 12.1 Å². The molecule has 6 heteroatoms. The van der Waals surface area contributed by atoms with Crippen molar-refractivity contribution in [2.24, 2.45) is 0 Å². The summed E-state index contributed by atoms with van der Waals surface area (Å²) < 4.78 is 18.5. The molecule has 0 aliphatic carbocycles. The van der Waals surface area contributed by atoms with Gasteiger partial charge in [0.15, 0.2) is 6.61 Å². The van der Waals surface area contributed by atoms with E-state index in [0.717, 1.165) is 22.8 Å². The van der Waals surface area contributed by atoms with Crippen molar-refractivity contribution in [3.63, 3.8) is 0 Å². The fourth-order valence-corrected chi connectivity index (χ4v) is 2.54. The first-order valence-corrected chi connectivity index (χ1v) is 8.15. The normalized spacial score (nSPS) is 11.7. The predicted octanol–water partition coefficient (Wildman–Crippen LogP) is 4.13. The van der Waals surface area contributed by atoms with Crippen LogP contribution in [0.2, 0.25) is 5.02 Å². The van der Waals surface area contributed by atoms with Crippen LogP contribution >= 0.6 is 11.6 Å². The summed E-state index contributed by atoms with van der Waals surface area (Å²) in [4.78, 5) is 23.9. The number of rotatable bonds is 5. The lowest BCUT2D eigenvalue weighted by Gasteiger charge is -2.16. The standard InChI is InChI=1S/C19H19ClFNO3/c1-11-7-8-14(9-12(11)2)13(3)22-17(23)10-25-19(24)18-15(20)5-4-6-16(18)21/h4-9,13H,10H2,1-3H3,(H,22,23)/t13-/m0/s1. The van der Waals surface area contributed by atoms with E-state index in [1.807, 2.05) is 39.0 Å². The van der Waals surface area contributed by atoms with E-state index in [0.29, 0.717) is 0 Å². The molecule has 0 aromatic heterocycles. The van der Waals surface area contributed by atoms with E-state index in [-0.39, 0.29) is 16.6 Å². The van der Waals surface area contributed by atoms with Crippen LogP contribution < -0.4 is 5.32 Å². The first-order chi connectivity index (χ1) is 11.8. The Hall–Kier alpha value is -2.40. The molecule has 1 amide bonds. The molecule has 0 saturated carbocycles. The van der Waals surface area contributed by atoms with Crippen LogP contribution in [0.25, 0.3) is 0 Å². The molecule has 2 aromatic rings. The molecule has 132 valence electrons. The van der Waals surface area contributed by atoms with Gasteiger partial charge >= 0.3 is 5.97 Å². The lowest BCUT2D eigenvalue weighted by Crippen LogP contribution is -2.31. The highest BCUT2D eigenvalue weighted by atomic mass is 35.5. The van der Waals surface area contributed by atoms with E-state index < -0.39 is 24.3 Å². The number of amides is 1. The lowest BCUT2D eigenvalue weighted by molar-refractivity contribution is -0.124. The van der Waals surface area contributed by atoms with Gasteiger partial charge in [0.1, 0.15) is 11.4 Å². The van der Waals surface area contributed by atoms with Gasteiger partial charge in [0.2, 0.25) is 0 Å². The van der Waals surface area contributed by atoms with Crippen LogP contribution in [0, 0.1) is 19.7 Å². The minimum Gasteiger partial charge on any atom is -0.452 e. The maximum Gasteiger partial charge on any atom is 0.343 e. The van der Waals surface area contributed by atoms with Crippen molar-refractivity contribution in [2.75, 3.05) is 6.61 Å². The van der Waals surface area contributed by atoms with E-state index in [9.17, 15) is 14.0 Å². The van der Waals surface area contributed by atoms with Gasteiger partial charge in [0.05, 0.1) is 11.1 Å². The van der Waals surface area contributed by atoms with Crippen LogP contribution in [0.3, 0.4) is 0 Å². The highest BCUT2D eigenvalue weighted by Gasteiger charge is 2.19. The molecule has 0 fully saturated rings. The zero-order valence-electron chi connectivity index (χ0n) is 14.2. The number of carbonyl (C=O) groups is 2. The second-order valence-electron chi connectivity index (χ2n) is 5.81. The number of halogens is 2. The van der Waals surface area contributed by atoms with E-state index in [2.05, 4.69) is 5.32 Å². The van der Waals surface area contributed by atoms with Crippen molar-refractivity contribution in [1.82, 2.24) is 5.32 Å². The van der Waals surface area contributed by atoms with Crippen molar-refractivity contribution in [2.45, 2.75) is 26.8 Å². The second kappa shape index (κ2) is 8.12. The summed E-state index contributed by atoms with van der Waals surface area (Å²) in [5.74, 6) is -2.25. The monoisotopic (exact) mass is 363 g/mol. The summed E-state index contributed by atoms with van der Waals surface area (Å²) in [5.41, 5.74) is 2.86. The fraction of sp³-hybridized carbons (Fsp3) is 0.263. The van der Waals surface area contributed by atoms with Gasteiger partial charge in [-0.2, -0.15) is 0 Å². The minimum atomic E-state index is -0.975. The van der Waals surface area contributed by atoms with Crippen LogP contribution in [0.4, 0.5) is 4.39 Å². The Morgan fingerprint density at radius 3 is 2.56 bits per heavy atom. The third kappa shape index (κ3) is 4.79. The van der Waals surface area contributed by atoms with Gasteiger partial charge in [-0.1, -0.05) is 35.9 Å². The number of aryl methyl sites for hydroxylation is 2. The number of benzene rings is 2. The Morgan fingerprint density at radius 1 is 1.20 bits per heavy atom. The predicted molar refractivity (Wildman–Crippen MR) is 94.2 cm³/mol. The van der Waals surface area contributed by atoms with Crippen LogP contribution in [0.15, 0.2) is 36.4 Å². The highest BCUT2D eigenvalue weighted by Crippen LogP contribution is 2.20. The second-order valence-corrected chi connectivity index (χ2v) is 6.21. The first-order valence-electron chi connectivity index (χ1n) is 7.77. The maximum atomic E-state index is 13.6. The maximum absolute atomic E-state index is 13.6. The number of ether oxygens (including phenoxy) is 1. The Balaban J connectivity index is 1.94. The smallest absolute Gasteiger partial charge is 0.343 e. The van der Waals surface area contributed by atoms with Crippen LogP contribution in [0.1, 0.15) is 40.0 Å². The van der Waals surface area contributed by atoms with Gasteiger partial charge in [-0.25, -0.2) is 9.18 Å². The van der Waals surface area contributed by atoms with Crippen molar-refractivity contribution in [3.8, 4) is 0 Å². The quantitative estimate of drug-likeness (QED) is 0.812. The van der Waals surface area contributed by atoms with Crippen molar-refractivity contribution < 1.29 is 18.7 Å². The van der Waals surface area contributed by atoms with Crippen LogP contribution in [-0.4, -0.2) is 18.5 Å². The summed E-state index contributed by atoms with van der Waals surface area (Å²) >= 11 is 5.79. The largest absolute Gasteiger partial charge is 0.452 e. The molecular formula is C19H19ClFNO3. The highest BCUT2D eigenvalue weighted by molar-refractivity contribution is 6.33. The molecule has 1 atom stereocenters. The minimum absolute atomic E-state index is 0.0612. The van der Waals surface area contributed by atoms with Gasteiger partial charge in [-0.3, -0.25) is 4.79 Å². The molecule has 0 unspecified atom stereocenters. The first kappa shape index (κ1) is 18.9. The molecule has 0 heterocycles. The summed E-state index contributed by atoms with van der Waals surface area (Å²) in [7, 11) is 0. The van der Waals surface area contributed by atoms with Crippen molar-refractivity contribution in [3.05, 3.63) is 69.5 Å². The summed E-state index contributed by atoms with van der Waals surface area (Å²) in [6.45, 7) is 5.32. The van der Waals surface area contributed by atoms with Gasteiger partial charge in [-0.15, -0.1) is 0 Å². The van der Waals surface area contributed by atoms with Crippen LogP contribution in [-0.2, 0) is 9.53 Å². The summed E-state index contributed by atoms with van der Waals surface area (Å²) in [5, 5.41) is 2.67. The zero-order chi connectivity index (χ0) is 18.6. The van der Waals surface area contributed by atoms with E-state index in [1.54, 1.807) is 0 Å². The van der Waals surface area contributed by atoms with Crippen LogP contribution in [0.5, 0.6) is 0 Å². The topological polar surface area (TPSA) is 55.4 Å². The molecule has 0 saturated heterocycles. The zero-order valence-corrected chi connectivity index (χ0v) is 15.0. The SMILES string of the molecule is Cc1ccc([C@H](C)NC(=O)COC(=O)c2c(F)cccc2Cl)cc1C. The van der Waals surface area contributed by atoms with Gasteiger partial charge in [-0.05, 0) is 49.6 Å². The number of hydrogen-bond donors (Lipinski definition) is 1. The molecule has 0 aliphatic rings. The molecule has 25 heavy (non-hydrogen) atoms. The lowest BCUT2D eigenvalue weighted by atomic mass is 10.0. The third-order valence-electron chi connectivity index (χ3n) is 3.91. The Kier molecular flexibility index (Phi) is 6.15. The van der Waals surface area contributed by atoms with Gasteiger partial charge in [0.25, 0.3) is 5.91 Å². The molecule has 0 radical (unpaired) electrons. The molecule has 0 aliphatic heterocycles. The van der Waals surface area contributed by atoms with Crippen molar-refractivity contribution >= 4 is 23.5 Å². The van der Waals surface area contributed by atoms with E-state index >= 15 is 0 Å². The molecule has 4 nitrogen and oxygen atoms in total. The van der Waals surface area contributed by atoms with Gasteiger partial charge < -0.3 is 10.1 Å². The Labute approximate surface area is 150 Å². The number of esters is 1. The van der Waals surface area contributed by atoms with E-state index in [4.69, 9.17) is 16.3 Å². The Morgan fingerprint density at radius 2 is 1.92 bits per heavy atom. The molecule has 2 aromatic carbocycles. The molecule has 0 spiro atoms. The Bertz CT molecular complexity index is 787. The molecular weight excluding hydrogens is 345 g/mol. The van der Waals surface area contributed by atoms with Crippen molar-refractivity contribution in [1.29, 1.82) is 0 Å².